The van der Waals surface area contributed by atoms with E-state index in [0.717, 1.165) is 28.8 Å². The average molecular weight is 405 g/mol. The van der Waals surface area contributed by atoms with Crippen LogP contribution in [0.2, 0.25) is 0 Å². The number of amides is 1. The van der Waals surface area contributed by atoms with E-state index in [1.165, 1.54) is 12.3 Å². The number of alkyl halides is 4. The number of aryl methyl sites for hydroxylation is 1. The van der Waals surface area contributed by atoms with Gasteiger partial charge in [-0.2, -0.15) is 13.2 Å². The molecule has 0 unspecified atom stereocenters. The van der Waals surface area contributed by atoms with E-state index in [2.05, 4.69) is 10.3 Å². The van der Waals surface area contributed by atoms with Crippen molar-refractivity contribution >= 4 is 23.2 Å². The lowest BCUT2D eigenvalue weighted by molar-refractivity contribution is -0.137. The molecule has 28 heavy (non-hydrogen) atoms. The number of nitrogens with one attached hydrogen (secondary N) is 1. The zero-order chi connectivity index (χ0) is 20.3. The molecule has 0 bridgehead atoms. The van der Waals surface area contributed by atoms with Gasteiger partial charge in [-0.25, -0.2) is 0 Å². The van der Waals surface area contributed by atoms with Crippen LogP contribution in [0.4, 0.5) is 18.9 Å². The number of carbonyl (C=O) groups is 1. The van der Waals surface area contributed by atoms with Crippen LogP contribution in [0.5, 0.6) is 0 Å². The Bertz CT molecular complexity index is 1020. The molecule has 0 spiro atoms. The number of carbonyl (C=O) groups excluding carboxylic acids is 1. The van der Waals surface area contributed by atoms with Gasteiger partial charge in [-0.15, -0.1) is 11.6 Å². The molecule has 2 aromatic carbocycles. The number of hydrogen-bond donors (Lipinski definition) is 1. The molecule has 1 heterocycles. The van der Waals surface area contributed by atoms with Crippen LogP contribution in [0, 0.1) is 6.92 Å². The zero-order valence-electron chi connectivity index (χ0n) is 14.8. The van der Waals surface area contributed by atoms with Crippen LogP contribution in [0.25, 0.3) is 11.1 Å². The van der Waals surface area contributed by atoms with Crippen molar-refractivity contribution in [1.82, 2.24) is 4.98 Å². The van der Waals surface area contributed by atoms with Crippen molar-refractivity contribution < 1.29 is 18.0 Å². The third-order valence-corrected chi connectivity index (χ3v) is 4.55. The van der Waals surface area contributed by atoms with Crippen molar-refractivity contribution in [2.24, 2.45) is 0 Å². The first-order valence-electron chi connectivity index (χ1n) is 8.38. The molecule has 144 valence electrons. The second-order valence-corrected chi connectivity index (χ2v) is 6.51. The highest BCUT2D eigenvalue weighted by Gasteiger charge is 2.31. The first kappa shape index (κ1) is 19.9. The number of aromatic nitrogens is 1. The molecule has 0 aliphatic heterocycles. The van der Waals surface area contributed by atoms with Crippen molar-refractivity contribution in [1.29, 1.82) is 0 Å². The van der Waals surface area contributed by atoms with Gasteiger partial charge in [-0.3, -0.25) is 9.78 Å². The molecular formula is C21H16ClF3N2O. The molecule has 1 N–H and O–H groups in total. The quantitative estimate of drug-likeness (QED) is 0.536. The third kappa shape index (κ3) is 4.34. The van der Waals surface area contributed by atoms with Gasteiger partial charge in [0.05, 0.1) is 17.4 Å². The van der Waals surface area contributed by atoms with Gasteiger partial charge in [0.1, 0.15) is 0 Å². The van der Waals surface area contributed by atoms with E-state index in [1.54, 1.807) is 12.3 Å². The van der Waals surface area contributed by atoms with Crippen LogP contribution < -0.4 is 5.32 Å². The monoisotopic (exact) mass is 404 g/mol. The van der Waals surface area contributed by atoms with Crippen LogP contribution in [0.3, 0.4) is 0 Å². The number of rotatable bonds is 4. The summed E-state index contributed by atoms with van der Waals surface area (Å²) >= 11 is 5.70. The van der Waals surface area contributed by atoms with Gasteiger partial charge in [0, 0.05) is 23.2 Å². The normalized spacial score (nSPS) is 11.3. The number of hydrogen-bond acceptors (Lipinski definition) is 2. The van der Waals surface area contributed by atoms with Crippen LogP contribution in [0.1, 0.15) is 27.0 Å². The van der Waals surface area contributed by atoms with Gasteiger partial charge >= 0.3 is 6.18 Å². The maximum absolute atomic E-state index is 13.1. The van der Waals surface area contributed by atoms with E-state index in [4.69, 9.17) is 11.6 Å². The van der Waals surface area contributed by atoms with Gasteiger partial charge in [0.15, 0.2) is 0 Å². The fourth-order valence-electron chi connectivity index (χ4n) is 2.86. The fraction of sp³-hybridized carbons (Fsp3) is 0.143. The fourth-order valence-corrected chi connectivity index (χ4v) is 3.02. The van der Waals surface area contributed by atoms with E-state index >= 15 is 0 Å². The Kier molecular flexibility index (Phi) is 5.70. The zero-order valence-corrected chi connectivity index (χ0v) is 15.6. The topological polar surface area (TPSA) is 42.0 Å². The SMILES string of the molecule is Cc1ccccc1-c1ccncc1NC(=O)c1cc(CCl)cc(C(F)(F)F)c1. The van der Waals surface area contributed by atoms with Crippen LogP contribution in [-0.2, 0) is 12.1 Å². The summed E-state index contributed by atoms with van der Waals surface area (Å²) in [5, 5.41) is 2.67. The summed E-state index contributed by atoms with van der Waals surface area (Å²) in [7, 11) is 0. The van der Waals surface area contributed by atoms with Crippen LogP contribution in [0.15, 0.2) is 60.9 Å². The summed E-state index contributed by atoms with van der Waals surface area (Å²) in [6.45, 7) is 1.93. The number of anilines is 1. The van der Waals surface area contributed by atoms with Gasteiger partial charge < -0.3 is 5.32 Å². The number of benzene rings is 2. The van der Waals surface area contributed by atoms with Gasteiger partial charge in [0.25, 0.3) is 5.91 Å². The van der Waals surface area contributed by atoms with E-state index in [-0.39, 0.29) is 17.0 Å². The molecule has 0 atom stereocenters. The molecule has 0 aliphatic rings. The predicted octanol–water partition coefficient (Wildman–Crippen LogP) is 6.07. The van der Waals surface area contributed by atoms with Crippen molar-refractivity contribution in [2.75, 3.05) is 5.32 Å². The Hall–Kier alpha value is -2.86. The molecule has 0 aliphatic carbocycles. The summed E-state index contributed by atoms with van der Waals surface area (Å²) in [5.74, 6) is -0.800. The molecule has 1 amide bonds. The summed E-state index contributed by atoms with van der Waals surface area (Å²) in [6, 6.07) is 12.4. The Morgan fingerprint density at radius 1 is 1.11 bits per heavy atom. The van der Waals surface area contributed by atoms with Gasteiger partial charge in [0.2, 0.25) is 0 Å². The highest BCUT2D eigenvalue weighted by molar-refractivity contribution is 6.17. The van der Waals surface area contributed by atoms with E-state index in [9.17, 15) is 18.0 Å². The number of pyridine rings is 1. The third-order valence-electron chi connectivity index (χ3n) is 4.24. The lowest BCUT2D eigenvalue weighted by atomic mass is 10.00. The maximum Gasteiger partial charge on any atom is 0.416 e. The largest absolute Gasteiger partial charge is 0.416 e. The standard InChI is InChI=1S/C21H16ClF3N2O/c1-13-4-2-3-5-17(13)18-6-7-26-12-19(18)27-20(28)15-8-14(11-22)9-16(10-15)21(23,24)25/h2-10,12H,11H2,1H3,(H,27,28). The molecular weight excluding hydrogens is 389 g/mol. The molecule has 7 heteroatoms. The number of nitrogens with zero attached hydrogens (tertiary/aromatic N) is 1. The highest BCUT2D eigenvalue weighted by atomic mass is 35.5. The summed E-state index contributed by atoms with van der Waals surface area (Å²) in [4.78, 5) is 16.7. The molecule has 0 saturated heterocycles. The van der Waals surface area contributed by atoms with Gasteiger partial charge in [-0.05, 0) is 47.9 Å². The summed E-state index contributed by atoms with van der Waals surface area (Å²) < 4.78 is 39.4. The van der Waals surface area contributed by atoms with Crippen LogP contribution >= 0.6 is 11.6 Å². The van der Waals surface area contributed by atoms with Crippen molar-refractivity contribution in [2.45, 2.75) is 19.0 Å². The number of halogens is 4. The Balaban J connectivity index is 1.98. The second kappa shape index (κ2) is 8.02. The Morgan fingerprint density at radius 3 is 2.54 bits per heavy atom. The van der Waals surface area contributed by atoms with Crippen molar-refractivity contribution in [3.05, 3.63) is 83.2 Å². The van der Waals surface area contributed by atoms with Crippen LogP contribution in [-0.4, -0.2) is 10.9 Å². The van der Waals surface area contributed by atoms with Crippen molar-refractivity contribution in [3.8, 4) is 11.1 Å². The summed E-state index contributed by atoms with van der Waals surface area (Å²) in [6.07, 6.45) is -1.51. The minimum Gasteiger partial charge on any atom is -0.320 e. The van der Waals surface area contributed by atoms with Crippen molar-refractivity contribution in [3.63, 3.8) is 0 Å². The molecule has 0 radical (unpaired) electrons. The summed E-state index contributed by atoms with van der Waals surface area (Å²) in [5.41, 5.74) is 2.20. The first-order chi connectivity index (χ1) is 13.3. The highest BCUT2D eigenvalue weighted by Crippen LogP contribution is 2.32. The lowest BCUT2D eigenvalue weighted by Crippen LogP contribution is -2.15. The van der Waals surface area contributed by atoms with E-state index in [1.807, 2.05) is 31.2 Å². The molecule has 0 saturated carbocycles. The molecule has 3 rings (SSSR count). The van der Waals surface area contributed by atoms with E-state index < -0.39 is 17.6 Å². The Morgan fingerprint density at radius 2 is 1.86 bits per heavy atom. The maximum atomic E-state index is 13.1. The minimum absolute atomic E-state index is 0.120. The molecule has 3 aromatic rings. The second-order valence-electron chi connectivity index (χ2n) is 6.24. The first-order valence-corrected chi connectivity index (χ1v) is 8.91. The molecule has 1 aromatic heterocycles. The smallest absolute Gasteiger partial charge is 0.320 e. The minimum atomic E-state index is -4.57. The molecule has 0 fully saturated rings. The lowest BCUT2D eigenvalue weighted by Gasteiger charge is -2.14. The predicted molar refractivity (Wildman–Crippen MR) is 103 cm³/mol. The van der Waals surface area contributed by atoms with Gasteiger partial charge in [-0.1, -0.05) is 24.3 Å². The Labute approximate surface area is 165 Å². The molecule has 3 nitrogen and oxygen atoms in total. The van der Waals surface area contributed by atoms with E-state index in [0.29, 0.717) is 5.69 Å². The average Bonchev–Trinajstić information content (AvgIpc) is 2.68.